The first-order chi connectivity index (χ1) is 10.4. The van der Waals surface area contributed by atoms with E-state index in [1.54, 1.807) is 0 Å². The molecule has 0 aliphatic heterocycles. The third-order valence-electron chi connectivity index (χ3n) is 5.20. The third kappa shape index (κ3) is 1.97. The molecular weight excluding hydrogens is 280 g/mol. The van der Waals surface area contributed by atoms with Gasteiger partial charge in [-0.15, -0.1) is 0 Å². The largest absolute Gasteiger partial charge is 0.512 e. The summed E-state index contributed by atoms with van der Waals surface area (Å²) in [5, 5.41) is 10.2. The van der Waals surface area contributed by atoms with Crippen molar-refractivity contribution in [3.63, 3.8) is 0 Å². The monoisotopic (exact) mass is 300 g/mol. The van der Waals surface area contributed by atoms with Crippen LogP contribution in [0.1, 0.15) is 47.7 Å². The summed E-state index contributed by atoms with van der Waals surface area (Å²) in [4.78, 5) is 24.6. The van der Waals surface area contributed by atoms with Crippen LogP contribution in [0.15, 0.2) is 29.5 Å². The van der Waals surface area contributed by atoms with Gasteiger partial charge in [-0.3, -0.25) is 4.79 Å². The first kappa shape index (κ1) is 14.8. The smallest absolute Gasteiger partial charge is 0.337 e. The molecule has 1 N–H and O–H groups in total. The number of allylic oxidation sites excluding steroid dienone is 1. The van der Waals surface area contributed by atoms with E-state index in [0.29, 0.717) is 12.8 Å². The van der Waals surface area contributed by atoms with Crippen molar-refractivity contribution >= 4 is 11.8 Å². The Hall–Kier alpha value is -2.10. The Bertz CT molecular complexity index is 701. The van der Waals surface area contributed by atoms with Crippen LogP contribution in [0.3, 0.4) is 0 Å². The molecule has 0 saturated heterocycles. The maximum atomic E-state index is 12.5. The zero-order valence-electron chi connectivity index (χ0n) is 13.1. The maximum absolute atomic E-state index is 12.5. The van der Waals surface area contributed by atoms with Gasteiger partial charge in [0.15, 0.2) is 5.78 Å². The number of methoxy groups -OCH3 is 1. The summed E-state index contributed by atoms with van der Waals surface area (Å²) in [6.45, 7) is 4.08. The molecule has 4 nitrogen and oxygen atoms in total. The van der Waals surface area contributed by atoms with E-state index in [9.17, 15) is 14.7 Å². The zero-order chi connectivity index (χ0) is 16.1. The highest BCUT2D eigenvalue weighted by molar-refractivity contribution is 6.01. The van der Waals surface area contributed by atoms with Crippen molar-refractivity contribution in [2.45, 2.75) is 38.5 Å². The number of carbonyl (C=O) groups excluding carboxylic acids is 2. The van der Waals surface area contributed by atoms with E-state index in [-0.39, 0.29) is 34.9 Å². The number of ketones is 1. The topological polar surface area (TPSA) is 63.6 Å². The number of hydrogen-bond acceptors (Lipinski definition) is 4. The number of Topliss-reactive ketones (excluding diaryl/α,β-unsaturated/α-hetero) is 1. The van der Waals surface area contributed by atoms with E-state index < -0.39 is 5.97 Å². The number of ether oxygens (including phenoxy) is 1. The molecule has 22 heavy (non-hydrogen) atoms. The summed E-state index contributed by atoms with van der Waals surface area (Å²) in [5.74, 6) is -0.764. The van der Waals surface area contributed by atoms with Gasteiger partial charge in [-0.25, -0.2) is 4.79 Å². The van der Waals surface area contributed by atoms with Crippen LogP contribution in [0.5, 0.6) is 0 Å². The predicted octanol–water partition coefficient (Wildman–Crippen LogP) is 3.23. The van der Waals surface area contributed by atoms with Gasteiger partial charge < -0.3 is 9.84 Å². The van der Waals surface area contributed by atoms with Crippen molar-refractivity contribution < 1.29 is 19.4 Å². The van der Waals surface area contributed by atoms with Gasteiger partial charge in [0.1, 0.15) is 5.76 Å². The molecule has 0 saturated carbocycles. The number of aryl methyl sites for hydroxylation is 1. The third-order valence-corrected chi connectivity index (χ3v) is 5.20. The van der Waals surface area contributed by atoms with E-state index >= 15 is 0 Å². The van der Waals surface area contributed by atoms with Crippen molar-refractivity contribution in [3.05, 3.63) is 46.2 Å². The molecule has 0 aromatic heterocycles. The van der Waals surface area contributed by atoms with Gasteiger partial charge in [0.2, 0.25) is 0 Å². The second-order valence-corrected chi connectivity index (χ2v) is 6.50. The van der Waals surface area contributed by atoms with Crippen molar-refractivity contribution in [3.8, 4) is 0 Å². The van der Waals surface area contributed by atoms with Crippen molar-refractivity contribution in [2.24, 2.45) is 5.92 Å². The number of benzene rings is 1. The number of aliphatic hydroxyl groups excluding tert-OH is 1. The van der Waals surface area contributed by atoms with Gasteiger partial charge in [0, 0.05) is 29.7 Å². The fourth-order valence-corrected chi connectivity index (χ4v) is 3.90. The van der Waals surface area contributed by atoms with Crippen molar-refractivity contribution in [1.29, 1.82) is 0 Å². The summed E-state index contributed by atoms with van der Waals surface area (Å²) in [5.41, 5.74) is 2.77. The zero-order valence-corrected chi connectivity index (χ0v) is 13.1. The van der Waals surface area contributed by atoms with Crippen LogP contribution < -0.4 is 0 Å². The van der Waals surface area contributed by atoms with Crippen molar-refractivity contribution in [1.82, 2.24) is 0 Å². The van der Waals surface area contributed by atoms with E-state index in [0.717, 1.165) is 16.7 Å². The minimum absolute atomic E-state index is 0.0218. The quantitative estimate of drug-likeness (QED) is 0.809. The first-order valence-corrected chi connectivity index (χ1v) is 7.53. The molecule has 0 heterocycles. The molecule has 0 amide bonds. The SMILES string of the molecule is COC(=O)C1=C(O)CC[C@]2(C)c3cc(C)ccc3C(=O)C[C@H]12. The number of aliphatic hydroxyl groups is 1. The summed E-state index contributed by atoms with van der Waals surface area (Å²) >= 11 is 0. The van der Waals surface area contributed by atoms with Gasteiger partial charge in [0.05, 0.1) is 12.7 Å². The Morgan fingerprint density at radius 2 is 2.14 bits per heavy atom. The maximum Gasteiger partial charge on any atom is 0.337 e. The average molecular weight is 300 g/mol. The van der Waals surface area contributed by atoms with Crippen LogP contribution in [0.25, 0.3) is 0 Å². The summed E-state index contributed by atoms with van der Waals surface area (Å²) in [6, 6.07) is 5.86. The lowest BCUT2D eigenvalue weighted by molar-refractivity contribution is -0.137. The fraction of sp³-hybridized carbons (Fsp3) is 0.444. The van der Waals surface area contributed by atoms with Crippen LogP contribution in [-0.2, 0) is 14.9 Å². The molecule has 4 heteroatoms. The Morgan fingerprint density at radius 3 is 2.82 bits per heavy atom. The highest BCUT2D eigenvalue weighted by Gasteiger charge is 2.50. The van der Waals surface area contributed by atoms with Crippen LogP contribution in [0.4, 0.5) is 0 Å². The second kappa shape index (κ2) is 4.97. The molecule has 116 valence electrons. The van der Waals surface area contributed by atoms with Gasteiger partial charge in [-0.2, -0.15) is 0 Å². The molecule has 1 aromatic rings. The molecule has 0 fully saturated rings. The van der Waals surface area contributed by atoms with Crippen LogP contribution in [0.2, 0.25) is 0 Å². The number of rotatable bonds is 1. The molecular formula is C18H20O4. The molecule has 0 unspecified atom stereocenters. The highest BCUT2D eigenvalue weighted by atomic mass is 16.5. The fourth-order valence-electron chi connectivity index (χ4n) is 3.90. The average Bonchev–Trinajstić information content (AvgIpc) is 2.49. The lowest BCUT2D eigenvalue weighted by atomic mass is 9.57. The molecule has 0 radical (unpaired) electrons. The van der Waals surface area contributed by atoms with Gasteiger partial charge in [-0.1, -0.05) is 30.7 Å². The Balaban J connectivity index is 2.20. The minimum atomic E-state index is -0.530. The summed E-state index contributed by atoms with van der Waals surface area (Å²) in [7, 11) is 1.30. The lowest BCUT2D eigenvalue weighted by Crippen LogP contribution is -2.44. The van der Waals surface area contributed by atoms with Gasteiger partial charge in [0.25, 0.3) is 0 Å². The van der Waals surface area contributed by atoms with Gasteiger partial charge in [-0.05, 0) is 18.9 Å². The molecule has 1 aromatic carbocycles. The molecule has 2 atom stereocenters. The molecule has 0 spiro atoms. The number of fused-ring (bicyclic) bond motifs is 3. The van der Waals surface area contributed by atoms with Crippen LogP contribution >= 0.6 is 0 Å². The van der Waals surface area contributed by atoms with Crippen LogP contribution in [0, 0.1) is 12.8 Å². The predicted molar refractivity (Wildman–Crippen MR) is 81.9 cm³/mol. The Labute approximate surface area is 129 Å². The second-order valence-electron chi connectivity index (χ2n) is 6.50. The summed E-state index contributed by atoms with van der Waals surface area (Å²) < 4.78 is 4.83. The molecule has 2 aliphatic rings. The first-order valence-electron chi connectivity index (χ1n) is 7.53. The number of carbonyl (C=O) groups is 2. The summed E-state index contributed by atoms with van der Waals surface area (Å²) in [6.07, 6.45) is 1.38. The minimum Gasteiger partial charge on any atom is -0.512 e. The molecule has 0 bridgehead atoms. The number of hydrogen-bond donors (Lipinski definition) is 1. The molecule has 2 aliphatic carbocycles. The van der Waals surface area contributed by atoms with Gasteiger partial charge >= 0.3 is 5.97 Å². The van der Waals surface area contributed by atoms with Crippen LogP contribution in [-0.4, -0.2) is 24.0 Å². The normalized spacial score (nSPS) is 27.2. The highest BCUT2D eigenvalue weighted by Crippen LogP contribution is 2.51. The lowest BCUT2D eigenvalue weighted by Gasteiger charge is -2.45. The van der Waals surface area contributed by atoms with Crippen molar-refractivity contribution in [2.75, 3.05) is 7.11 Å². The van der Waals surface area contributed by atoms with E-state index in [2.05, 4.69) is 6.92 Å². The molecule has 3 rings (SSSR count). The Morgan fingerprint density at radius 1 is 1.41 bits per heavy atom. The number of esters is 1. The Kier molecular flexibility index (Phi) is 3.35. The van der Waals surface area contributed by atoms with E-state index in [1.165, 1.54) is 7.11 Å². The standard InChI is InChI=1S/C18H20O4/c1-10-4-5-11-12(8-10)18(2)7-6-14(19)16(17(21)22-3)13(18)9-15(11)20/h4-5,8,13,19H,6-7,9H2,1-3H3/t13-,18-/m1/s1. The van der Waals surface area contributed by atoms with E-state index in [4.69, 9.17) is 4.74 Å². The van der Waals surface area contributed by atoms with E-state index in [1.807, 2.05) is 25.1 Å².